The summed E-state index contributed by atoms with van der Waals surface area (Å²) in [6.45, 7) is 2.23. The summed E-state index contributed by atoms with van der Waals surface area (Å²) < 4.78 is 19.8. The summed E-state index contributed by atoms with van der Waals surface area (Å²) in [4.78, 5) is 2.28. The van der Waals surface area contributed by atoms with Crippen molar-refractivity contribution >= 4 is 0 Å². The zero-order chi connectivity index (χ0) is 20.7. The van der Waals surface area contributed by atoms with Gasteiger partial charge in [0.25, 0.3) is 0 Å². The van der Waals surface area contributed by atoms with E-state index in [2.05, 4.69) is 23.1 Å². The van der Waals surface area contributed by atoms with Crippen molar-refractivity contribution in [1.82, 2.24) is 4.90 Å². The van der Waals surface area contributed by atoms with Crippen molar-refractivity contribution in [1.29, 1.82) is 0 Å². The van der Waals surface area contributed by atoms with Crippen molar-refractivity contribution in [2.24, 2.45) is 0 Å². The molecule has 1 saturated heterocycles. The molecule has 2 atom stereocenters. The van der Waals surface area contributed by atoms with E-state index in [1.165, 1.54) is 36.1 Å². The van der Waals surface area contributed by atoms with Gasteiger partial charge in [0, 0.05) is 31.6 Å². The highest BCUT2D eigenvalue weighted by molar-refractivity contribution is 5.39. The van der Waals surface area contributed by atoms with E-state index >= 15 is 0 Å². The van der Waals surface area contributed by atoms with E-state index in [4.69, 9.17) is 4.74 Å². The van der Waals surface area contributed by atoms with E-state index < -0.39 is 17.8 Å². The molecule has 5 rings (SSSR count). The predicted octanol–water partition coefficient (Wildman–Crippen LogP) is 4.09. The predicted molar refractivity (Wildman–Crippen MR) is 113 cm³/mol. The van der Waals surface area contributed by atoms with Crippen molar-refractivity contribution < 1.29 is 19.3 Å². The summed E-state index contributed by atoms with van der Waals surface area (Å²) in [6, 6.07) is 10.8. The molecule has 2 aromatic rings. The third kappa shape index (κ3) is 3.86. The second kappa shape index (κ2) is 7.95. The van der Waals surface area contributed by atoms with Gasteiger partial charge in [-0.05, 0) is 73.4 Å². The van der Waals surface area contributed by atoms with Gasteiger partial charge in [0.15, 0.2) is 0 Å². The molecule has 0 unspecified atom stereocenters. The number of aliphatic hydroxyl groups is 2. The highest BCUT2D eigenvalue weighted by atomic mass is 19.1. The highest BCUT2D eigenvalue weighted by Gasteiger charge is 2.43. The maximum Gasteiger partial charge on any atom is 0.126 e. The number of halogens is 1. The standard InChI is InChI=1S/C25H30FNO3/c26-20-7-8-24-21(14-20)22(28)15-25(30-24)9-11-27(12-10-25)16-23(29)19-6-5-17-3-1-2-4-18(17)13-19/h5-8,13-14,22-23,28-29H,1-4,9-12,15-16H2/t22-,23+/m1/s1. The fraction of sp³-hybridized carbons (Fsp3) is 0.520. The Labute approximate surface area is 177 Å². The molecule has 2 aliphatic heterocycles. The number of piperidine rings is 1. The second-order valence-electron chi connectivity index (χ2n) is 9.24. The summed E-state index contributed by atoms with van der Waals surface area (Å²) in [5.41, 5.74) is 3.99. The molecule has 4 nitrogen and oxygen atoms in total. The Morgan fingerprint density at radius 1 is 1.07 bits per heavy atom. The van der Waals surface area contributed by atoms with E-state index in [0.717, 1.165) is 44.3 Å². The Balaban J connectivity index is 1.22. The molecule has 2 aromatic carbocycles. The van der Waals surface area contributed by atoms with Crippen LogP contribution in [-0.2, 0) is 12.8 Å². The van der Waals surface area contributed by atoms with E-state index in [-0.39, 0.29) is 5.82 Å². The first-order valence-corrected chi connectivity index (χ1v) is 11.2. The second-order valence-corrected chi connectivity index (χ2v) is 9.24. The highest BCUT2D eigenvalue weighted by Crippen LogP contribution is 2.44. The van der Waals surface area contributed by atoms with Crippen molar-refractivity contribution in [3.63, 3.8) is 0 Å². The number of nitrogens with zero attached hydrogens (tertiary/aromatic N) is 1. The summed E-state index contributed by atoms with van der Waals surface area (Å²) >= 11 is 0. The van der Waals surface area contributed by atoms with Crippen LogP contribution in [-0.4, -0.2) is 40.3 Å². The van der Waals surface area contributed by atoms with E-state index in [1.54, 1.807) is 6.07 Å². The van der Waals surface area contributed by atoms with Crippen LogP contribution in [0.1, 0.15) is 66.6 Å². The number of fused-ring (bicyclic) bond motifs is 2. The molecule has 2 heterocycles. The van der Waals surface area contributed by atoms with Crippen molar-refractivity contribution in [2.45, 2.75) is 62.8 Å². The van der Waals surface area contributed by atoms with Crippen LogP contribution in [0, 0.1) is 5.82 Å². The minimum Gasteiger partial charge on any atom is -0.487 e. The number of hydrogen-bond acceptors (Lipinski definition) is 4. The number of hydrogen-bond donors (Lipinski definition) is 2. The molecule has 0 radical (unpaired) electrons. The molecule has 0 amide bonds. The quantitative estimate of drug-likeness (QED) is 0.799. The van der Waals surface area contributed by atoms with Gasteiger partial charge in [-0.3, -0.25) is 0 Å². The Morgan fingerprint density at radius 2 is 1.83 bits per heavy atom. The zero-order valence-corrected chi connectivity index (χ0v) is 17.3. The summed E-state index contributed by atoms with van der Waals surface area (Å²) in [5.74, 6) is 0.246. The minimum absolute atomic E-state index is 0.349. The number of β-amino-alcohol motifs (C(OH)–C–C–N with tert-alkyl or cyclic N) is 1. The lowest BCUT2D eigenvalue weighted by Gasteiger charge is -2.46. The molecule has 3 aliphatic rings. The average Bonchev–Trinajstić information content (AvgIpc) is 2.76. The number of rotatable bonds is 3. The average molecular weight is 412 g/mol. The minimum atomic E-state index is -0.697. The van der Waals surface area contributed by atoms with Gasteiger partial charge in [-0.15, -0.1) is 0 Å². The lowest BCUT2D eigenvalue weighted by atomic mass is 9.81. The Kier molecular flexibility index (Phi) is 5.30. The fourth-order valence-corrected chi connectivity index (χ4v) is 5.37. The molecule has 0 bridgehead atoms. The van der Waals surface area contributed by atoms with Gasteiger partial charge in [0.05, 0.1) is 12.2 Å². The van der Waals surface area contributed by atoms with Crippen molar-refractivity contribution in [3.8, 4) is 5.75 Å². The molecule has 0 saturated carbocycles. The molecule has 160 valence electrons. The smallest absolute Gasteiger partial charge is 0.126 e. The first kappa shape index (κ1) is 20.0. The molecule has 2 N–H and O–H groups in total. The summed E-state index contributed by atoms with van der Waals surface area (Å²) in [5, 5.41) is 21.4. The molecule has 0 aromatic heterocycles. The number of aliphatic hydroxyl groups excluding tert-OH is 2. The fourth-order valence-electron chi connectivity index (χ4n) is 5.37. The maximum absolute atomic E-state index is 13.5. The van der Waals surface area contributed by atoms with Gasteiger partial charge >= 0.3 is 0 Å². The monoisotopic (exact) mass is 411 g/mol. The van der Waals surface area contributed by atoms with Crippen molar-refractivity contribution in [3.05, 3.63) is 64.5 Å². The van der Waals surface area contributed by atoms with Gasteiger partial charge in [0.2, 0.25) is 0 Å². The largest absolute Gasteiger partial charge is 0.487 e. The van der Waals surface area contributed by atoms with Crippen molar-refractivity contribution in [2.75, 3.05) is 19.6 Å². The molecule has 1 spiro atoms. The van der Waals surface area contributed by atoms with Crippen LogP contribution in [0.3, 0.4) is 0 Å². The number of likely N-dealkylation sites (tertiary alicyclic amines) is 1. The summed E-state index contributed by atoms with van der Waals surface area (Å²) in [7, 11) is 0. The number of ether oxygens (including phenoxy) is 1. The van der Waals surface area contributed by atoms with Crippen LogP contribution in [0.4, 0.5) is 4.39 Å². The Bertz CT molecular complexity index is 923. The van der Waals surface area contributed by atoms with Gasteiger partial charge in [-0.1, -0.05) is 18.2 Å². The van der Waals surface area contributed by atoms with Crippen LogP contribution >= 0.6 is 0 Å². The number of aryl methyl sites for hydroxylation is 2. The van der Waals surface area contributed by atoms with E-state index in [9.17, 15) is 14.6 Å². The van der Waals surface area contributed by atoms with Crippen LogP contribution in [0.5, 0.6) is 5.75 Å². The molecule has 1 fully saturated rings. The zero-order valence-electron chi connectivity index (χ0n) is 17.3. The third-order valence-electron chi connectivity index (χ3n) is 7.18. The molecular weight excluding hydrogens is 381 g/mol. The molecule has 5 heteroatoms. The Morgan fingerprint density at radius 3 is 2.63 bits per heavy atom. The Hall–Kier alpha value is -1.95. The van der Waals surface area contributed by atoms with Gasteiger partial charge in [0.1, 0.15) is 17.2 Å². The molecule has 1 aliphatic carbocycles. The van der Waals surface area contributed by atoms with Crippen LogP contribution in [0.2, 0.25) is 0 Å². The third-order valence-corrected chi connectivity index (χ3v) is 7.18. The van der Waals surface area contributed by atoms with Gasteiger partial charge in [-0.2, -0.15) is 0 Å². The van der Waals surface area contributed by atoms with Gasteiger partial charge in [-0.25, -0.2) is 4.39 Å². The molecular formula is C25H30FNO3. The van der Waals surface area contributed by atoms with Crippen LogP contribution < -0.4 is 4.74 Å². The lowest BCUT2D eigenvalue weighted by Crippen LogP contribution is -2.51. The first-order valence-electron chi connectivity index (χ1n) is 11.2. The maximum atomic E-state index is 13.5. The van der Waals surface area contributed by atoms with E-state index in [0.29, 0.717) is 24.3 Å². The topological polar surface area (TPSA) is 52.9 Å². The van der Waals surface area contributed by atoms with Gasteiger partial charge < -0.3 is 19.8 Å². The first-order chi connectivity index (χ1) is 14.5. The SMILES string of the molecule is O[C@@H]1CC2(CCN(C[C@H](O)c3ccc4c(c3)CCCC4)CC2)Oc2ccc(F)cc21. The van der Waals surface area contributed by atoms with Crippen LogP contribution in [0.15, 0.2) is 36.4 Å². The molecule has 30 heavy (non-hydrogen) atoms. The normalized spacial score (nSPS) is 24.0. The summed E-state index contributed by atoms with van der Waals surface area (Å²) in [6.07, 6.45) is 5.66. The van der Waals surface area contributed by atoms with E-state index in [1.807, 2.05) is 0 Å². The number of benzene rings is 2. The lowest BCUT2D eigenvalue weighted by molar-refractivity contribution is -0.0589. The van der Waals surface area contributed by atoms with Crippen LogP contribution in [0.25, 0.3) is 0 Å².